The monoisotopic (exact) mass is 337 g/mol. The fourth-order valence-electron chi connectivity index (χ4n) is 2.76. The number of hydrogen-bond donors (Lipinski definition) is 0. The summed E-state index contributed by atoms with van der Waals surface area (Å²) in [4.78, 5) is 25.3. The molecule has 0 spiro atoms. The molecule has 3 rings (SSSR count). The zero-order valence-corrected chi connectivity index (χ0v) is 13.9. The third kappa shape index (κ3) is 2.71. The Morgan fingerprint density at radius 1 is 1.32 bits per heavy atom. The molecule has 0 saturated heterocycles. The van der Waals surface area contributed by atoms with Crippen molar-refractivity contribution in [2.24, 2.45) is 0 Å². The number of fused-ring (bicyclic) bond motifs is 1. The van der Waals surface area contributed by atoms with Gasteiger partial charge in [0.15, 0.2) is 0 Å². The van der Waals surface area contributed by atoms with E-state index in [0.717, 1.165) is 5.69 Å². The first-order chi connectivity index (χ1) is 10.5. The average Bonchev–Trinajstić information content (AvgIpc) is 3.11. The topological polar surface area (TPSA) is 48.3 Å². The normalized spacial score (nSPS) is 16.8. The van der Waals surface area contributed by atoms with Crippen LogP contribution in [0.5, 0.6) is 0 Å². The molecule has 0 amide bonds. The first-order valence-corrected chi connectivity index (χ1v) is 8.36. The van der Waals surface area contributed by atoms with Crippen LogP contribution in [0.1, 0.15) is 47.2 Å². The molecule has 0 aromatic carbocycles. The molecule has 4 nitrogen and oxygen atoms in total. The lowest BCUT2D eigenvalue weighted by Gasteiger charge is -2.12. The highest BCUT2D eigenvalue weighted by Gasteiger charge is 2.33. The van der Waals surface area contributed by atoms with Gasteiger partial charge in [0.1, 0.15) is 0 Å². The molecule has 1 atom stereocenters. The summed E-state index contributed by atoms with van der Waals surface area (Å²) in [6, 6.07) is 7.08. The zero-order valence-electron chi connectivity index (χ0n) is 12.3. The Morgan fingerprint density at radius 2 is 2.09 bits per heavy atom. The van der Waals surface area contributed by atoms with Crippen LogP contribution in [0, 0.1) is 0 Å². The second-order valence-electron chi connectivity index (χ2n) is 5.55. The molecule has 1 aliphatic rings. The molecule has 22 heavy (non-hydrogen) atoms. The number of hydrogen-bond acceptors (Lipinski definition) is 4. The largest absolute Gasteiger partial charge is 0.462 e. The highest BCUT2D eigenvalue weighted by Crippen LogP contribution is 2.33. The standard InChI is InChI=1S/C16H16ClNO3S/c1-9(2)21-16(20)10-7-8-18-11(10)3-4-12(18)15(19)13-5-6-14(17)22-13/h3-6,9-10H,7-8H2,1-2H3. The molecule has 0 bridgehead atoms. The quantitative estimate of drug-likeness (QED) is 0.628. The maximum atomic E-state index is 12.5. The molecule has 0 N–H and O–H groups in total. The van der Waals surface area contributed by atoms with Crippen LogP contribution in [-0.2, 0) is 16.1 Å². The second kappa shape index (κ2) is 5.89. The van der Waals surface area contributed by atoms with Gasteiger partial charge >= 0.3 is 5.97 Å². The molecule has 0 radical (unpaired) electrons. The van der Waals surface area contributed by atoms with Crippen LogP contribution in [0.25, 0.3) is 0 Å². The second-order valence-corrected chi connectivity index (χ2v) is 7.27. The molecule has 2 aromatic heterocycles. The predicted octanol–water partition coefficient (Wildman–Crippen LogP) is 3.87. The summed E-state index contributed by atoms with van der Waals surface area (Å²) in [6.07, 6.45) is 0.540. The zero-order chi connectivity index (χ0) is 15.9. The summed E-state index contributed by atoms with van der Waals surface area (Å²) in [7, 11) is 0. The molecule has 0 fully saturated rings. The first kappa shape index (κ1) is 15.3. The molecule has 0 aliphatic carbocycles. The maximum Gasteiger partial charge on any atom is 0.315 e. The Hall–Kier alpha value is -1.59. The maximum absolute atomic E-state index is 12.5. The van der Waals surface area contributed by atoms with Crippen LogP contribution < -0.4 is 0 Å². The Morgan fingerprint density at radius 3 is 2.73 bits per heavy atom. The van der Waals surface area contributed by atoms with Crippen molar-refractivity contribution in [2.75, 3.05) is 0 Å². The summed E-state index contributed by atoms with van der Waals surface area (Å²) >= 11 is 7.16. The molecule has 2 aromatic rings. The number of esters is 1. The van der Waals surface area contributed by atoms with E-state index in [-0.39, 0.29) is 23.8 Å². The lowest BCUT2D eigenvalue weighted by atomic mass is 10.1. The van der Waals surface area contributed by atoms with Crippen LogP contribution in [0.15, 0.2) is 24.3 Å². The number of ketones is 1. The molecule has 0 saturated carbocycles. The number of nitrogens with zero attached hydrogens (tertiary/aromatic N) is 1. The van der Waals surface area contributed by atoms with E-state index in [4.69, 9.17) is 16.3 Å². The van der Waals surface area contributed by atoms with Crippen LogP contribution in [-0.4, -0.2) is 22.4 Å². The van der Waals surface area contributed by atoms with Gasteiger partial charge in [-0.25, -0.2) is 0 Å². The molecule has 3 heterocycles. The summed E-state index contributed by atoms with van der Waals surface area (Å²) in [5.41, 5.74) is 1.46. The van der Waals surface area contributed by atoms with E-state index in [1.165, 1.54) is 11.3 Å². The molecular formula is C16H16ClNO3S. The van der Waals surface area contributed by atoms with Crippen molar-refractivity contribution in [1.82, 2.24) is 4.57 Å². The SMILES string of the molecule is CC(C)OC(=O)C1CCn2c(C(=O)c3ccc(Cl)s3)ccc21. The van der Waals surface area contributed by atoms with Crippen molar-refractivity contribution in [3.63, 3.8) is 0 Å². The number of aromatic nitrogens is 1. The van der Waals surface area contributed by atoms with Gasteiger partial charge < -0.3 is 9.30 Å². The fraction of sp³-hybridized carbons (Fsp3) is 0.375. The molecule has 6 heteroatoms. The van der Waals surface area contributed by atoms with Crippen molar-refractivity contribution < 1.29 is 14.3 Å². The number of carbonyl (C=O) groups excluding carboxylic acids is 2. The minimum atomic E-state index is -0.282. The van der Waals surface area contributed by atoms with Gasteiger partial charge in [-0.1, -0.05) is 11.6 Å². The van der Waals surface area contributed by atoms with Crippen molar-refractivity contribution in [3.05, 3.63) is 44.9 Å². The van der Waals surface area contributed by atoms with Gasteiger partial charge in [-0.3, -0.25) is 9.59 Å². The lowest BCUT2D eigenvalue weighted by Crippen LogP contribution is -2.18. The van der Waals surface area contributed by atoms with Crippen molar-refractivity contribution in [2.45, 2.75) is 38.8 Å². The number of rotatable bonds is 4. The van der Waals surface area contributed by atoms with E-state index in [9.17, 15) is 9.59 Å². The molecule has 1 unspecified atom stereocenters. The molecular weight excluding hydrogens is 322 g/mol. The van der Waals surface area contributed by atoms with Gasteiger partial charge in [-0.2, -0.15) is 0 Å². The van der Waals surface area contributed by atoms with Crippen molar-refractivity contribution in [3.8, 4) is 0 Å². The Labute approximate surface area is 137 Å². The minimum absolute atomic E-state index is 0.0546. The van der Waals surface area contributed by atoms with Gasteiger partial charge in [0.05, 0.1) is 26.9 Å². The third-order valence-corrected chi connectivity index (χ3v) is 4.91. The third-order valence-electron chi connectivity index (χ3n) is 3.68. The summed E-state index contributed by atoms with van der Waals surface area (Å²) < 4.78 is 7.81. The van der Waals surface area contributed by atoms with E-state index < -0.39 is 0 Å². The van der Waals surface area contributed by atoms with Crippen LogP contribution in [0.2, 0.25) is 4.34 Å². The van der Waals surface area contributed by atoms with Gasteiger partial charge in [-0.15, -0.1) is 11.3 Å². The van der Waals surface area contributed by atoms with Gasteiger partial charge in [0.2, 0.25) is 5.78 Å². The average molecular weight is 338 g/mol. The highest BCUT2D eigenvalue weighted by atomic mass is 35.5. The highest BCUT2D eigenvalue weighted by molar-refractivity contribution is 7.18. The van der Waals surface area contributed by atoms with Crippen molar-refractivity contribution >= 4 is 34.7 Å². The van der Waals surface area contributed by atoms with E-state index in [0.29, 0.717) is 27.9 Å². The Kier molecular flexibility index (Phi) is 4.10. The van der Waals surface area contributed by atoms with Crippen LogP contribution >= 0.6 is 22.9 Å². The first-order valence-electron chi connectivity index (χ1n) is 7.17. The minimum Gasteiger partial charge on any atom is -0.462 e. The van der Waals surface area contributed by atoms with Gasteiger partial charge in [-0.05, 0) is 44.5 Å². The van der Waals surface area contributed by atoms with E-state index in [1.54, 1.807) is 18.2 Å². The molecule has 1 aliphatic heterocycles. The van der Waals surface area contributed by atoms with E-state index >= 15 is 0 Å². The van der Waals surface area contributed by atoms with Gasteiger partial charge in [0.25, 0.3) is 0 Å². The van der Waals surface area contributed by atoms with Crippen molar-refractivity contribution in [1.29, 1.82) is 0 Å². The summed E-state index contributed by atoms with van der Waals surface area (Å²) in [5, 5.41) is 0. The van der Waals surface area contributed by atoms with E-state index in [2.05, 4.69) is 0 Å². The number of thiophene rings is 1. The van der Waals surface area contributed by atoms with Gasteiger partial charge in [0, 0.05) is 12.2 Å². The van der Waals surface area contributed by atoms with Crippen LogP contribution in [0.3, 0.4) is 0 Å². The Bertz CT molecular complexity index is 732. The summed E-state index contributed by atoms with van der Waals surface area (Å²) in [5.74, 6) is -0.554. The summed E-state index contributed by atoms with van der Waals surface area (Å²) in [6.45, 7) is 4.32. The van der Waals surface area contributed by atoms with Crippen LogP contribution in [0.4, 0.5) is 0 Å². The number of carbonyl (C=O) groups is 2. The lowest BCUT2D eigenvalue weighted by molar-refractivity contribution is -0.149. The number of halogens is 1. The van der Waals surface area contributed by atoms with E-state index in [1.807, 2.05) is 24.5 Å². The molecule has 116 valence electrons. The predicted molar refractivity (Wildman–Crippen MR) is 85.8 cm³/mol. The smallest absolute Gasteiger partial charge is 0.315 e. The Balaban J connectivity index is 1.87. The number of ether oxygens (including phenoxy) is 1. The fourth-order valence-corrected chi connectivity index (χ4v) is 3.75.